The maximum atomic E-state index is 4.37. The van der Waals surface area contributed by atoms with E-state index in [9.17, 15) is 0 Å². The zero-order valence-electron chi connectivity index (χ0n) is 9.27. The number of nitrogens with zero attached hydrogens (tertiary/aromatic N) is 3. The molecule has 15 heavy (non-hydrogen) atoms. The van der Waals surface area contributed by atoms with Crippen molar-refractivity contribution < 1.29 is 0 Å². The lowest BCUT2D eigenvalue weighted by Gasteiger charge is -2.09. The Morgan fingerprint density at radius 2 is 2.33 bits per heavy atom. The second-order valence-electron chi connectivity index (χ2n) is 4.01. The van der Waals surface area contributed by atoms with Gasteiger partial charge in [0.15, 0.2) is 0 Å². The van der Waals surface area contributed by atoms with Crippen LogP contribution in [0.3, 0.4) is 0 Å². The van der Waals surface area contributed by atoms with E-state index in [1.54, 1.807) is 0 Å². The second kappa shape index (κ2) is 4.45. The normalized spacial score (nSPS) is 11.4. The first kappa shape index (κ1) is 10.2. The number of benzene rings is 1. The van der Waals surface area contributed by atoms with Crippen LogP contribution in [0, 0.1) is 6.07 Å². The van der Waals surface area contributed by atoms with Gasteiger partial charge < -0.3 is 4.90 Å². The van der Waals surface area contributed by atoms with Gasteiger partial charge in [0.2, 0.25) is 0 Å². The molecule has 2 rings (SSSR count). The highest BCUT2D eigenvalue weighted by atomic mass is 15.3. The molecule has 3 heteroatoms. The molecule has 0 aliphatic carbocycles. The molecule has 0 aliphatic rings. The monoisotopic (exact) mass is 202 g/mol. The summed E-state index contributed by atoms with van der Waals surface area (Å²) < 4.78 is 2.06. The SMILES string of the molecule is CN(C)CCCn1ncc2c[c]ccc21. The van der Waals surface area contributed by atoms with Crippen molar-refractivity contribution >= 4 is 10.9 Å². The predicted molar refractivity (Wildman–Crippen MR) is 61.7 cm³/mol. The van der Waals surface area contributed by atoms with Crippen molar-refractivity contribution in [2.24, 2.45) is 0 Å². The van der Waals surface area contributed by atoms with Crippen molar-refractivity contribution in [1.82, 2.24) is 14.7 Å². The van der Waals surface area contributed by atoms with E-state index in [1.807, 2.05) is 18.3 Å². The van der Waals surface area contributed by atoms with E-state index >= 15 is 0 Å². The van der Waals surface area contributed by atoms with Crippen molar-refractivity contribution in [2.45, 2.75) is 13.0 Å². The largest absolute Gasteiger partial charge is 0.309 e. The quantitative estimate of drug-likeness (QED) is 0.753. The zero-order chi connectivity index (χ0) is 10.7. The molecule has 0 atom stereocenters. The van der Waals surface area contributed by atoms with E-state index < -0.39 is 0 Å². The minimum atomic E-state index is 0.978. The minimum Gasteiger partial charge on any atom is -0.309 e. The van der Waals surface area contributed by atoms with Crippen LogP contribution in [-0.2, 0) is 6.54 Å². The Bertz CT molecular complexity index is 431. The fraction of sp³-hybridized carbons (Fsp3) is 0.417. The molecule has 0 aliphatic heterocycles. The molecule has 2 aromatic rings. The van der Waals surface area contributed by atoms with Crippen molar-refractivity contribution in [1.29, 1.82) is 0 Å². The molecule has 1 aromatic carbocycles. The molecule has 0 N–H and O–H groups in total. The van der Waals surface area contributed by atoms with Gasteiger partial charge in [0, 0.05) is 11.9 Å². The highest BCUT2D eigenvalue weighted by molar-refractivity contribution is 5.78. The van der Waals surface area contributed by atoms with E-state index in [0.717, 1.165) is 19.5 Å². The molecule has 79 valence electrons. The van der Waals surface area contributed by atoms with Gasteiger partial charge in [0.05, 0.1) is 11.7 Å². The van der Waals surface area contributed by atoms with Gasteiger partial charge in [0.1, 0.15) is 0 Å². The van der Waals surface area contributed by atoms with Gasteiger partial charge in [-0.2, -0.15) is 5.10 Å². The van der Waals surface area contributed by atoms with Crippen molar-refractivity contribution in [3.05, 3.63) is 30.5 Å². The number of hydrogen-bond donors (Lipinski definition) is 0. The van der Waals surface area contributed by atoms with Gasteiger partial charge in [-0.15, -0.1) is 0 Å². The van der Waals surface area contributed by atoms with Crippen LogP contribution in [0.2, 0.25) is 0 Å². The second-order valence-corrected chi connectivity index (χ2v) is 4.01. The summed E-state index contributed by atoms with van der Waals surface area (Å²) in [6, 6.07) is 9.04. The van der Waals surface area contributed by atoms with Crippen LogP contribution in [0.4, 0.5) is 0 Å². The smallest absolute Gasteiger partial charge is 0.0682 e. The summed E-state index contributed by atoms with van der Waals surface area (Å²) in [6.07, 6.45) is 3.03. The van der Waals surface area contributed by atoms with Crippen LogP contribution >= 0.6 is 0 Å². The van der Waals surface area contributed by atoms with Gasteiger partial charge in [0.25, 0.3) is 0 Å². The van der Waals surface area contributed by atoms with E-state index in [-0.39, 0.29) is 0 Å². The fourth-order valence-corrected chi connectivity index (χ4v) is 1.68. The van der Waals surface area contributed by atoms with Crippen molar-refractivity contribution in [2.75, 3.05) is 20.6 Å². The van der Waals surface area contributed by atoms with Gasteiger partial charge >= 0.3 is 0 Å². The number of hydrogen-bond acceptors (Lipinski definition) is 2. The highest BCUT2D eigenvalue weighted by Gasteiger charge is 2.00. The lowest BCUT2D eigenvalue weighted by Crippen LogP contribution is -2.15. The summed E-state index contributed by atoms with van der Waals surface area (Å²) in [5.41, 5.74) is 1.20. The van der Waals surface area contributed by atoms with Crippen LogP contribution in [0.15, 0.2) is 24.4 Å². The van der Waals surface area contributed by atoms with Crippen molar-refractivity contribution in [3.8, 4) is 0 Å². The number of aromatic nitrogens is 2. The third-order valence-corrected chi connectivity index (χ3v) is 2.46. The summed E-state index contributed by atoms with van der Waals surface area (Å²) in [6.45, 7) is 2.08. The average molecular weight is 202 g/mol. The summed E-state index contributed by atoms with van der Waals surface area (Å²) >= 11 is 0. The molecule has 1 heterocycles. The standard InChI is InChI=1S/C12H16N3/c1-14(2)8-5-9-15-12-7-4-3-6-11(12)10-13-15/h4,6-7,10H,5,8-9H2,1-2H3. The Hall–Kier alpha value is -1.35. The van der Waals surface area contributed by atoms with E-state index in [2.05, 4.69) is 40.9 Å². The average Bonchev–Trinajstić information content (AvgIpc) is 2.62. The Balaban J connectivity index is 2.08. The number of rotatable bonds is 4. The summed E-state index contributed by atoms with van der Waals surface area (Å²) in [5, 5.41) is 5.54. The van der Waals surface area contributed by atoms with Gasteiger partial charge in [-0.25, -0.2) is 0 Å². The van der Waals surface area contributed by atoms with Crippen LogP contribution in [0.5, 0.6) is 0 Å². The Morgan fingerprint density at radius 1 is 1.47 bits per heavy atom. The lowest BCUT2D eigenvalue weighted by atomic mass is 10.2. The lowest BCUT2D eigenvalue weighted by molar-refractivity contribution is 0.382. The first-order valence-corrected chi connectivity index (χ1v) is 5.24. The Morgan fingerprint density at radius 3 is 3.13 bits per heavy atom. The minimum absolute atomic E-state index is 0.978. The molecule has 3 nitrogen and oxygen atoms in total. The number of fused-ring (bicyclic) bond motifs is 1. The molecule has 0 saturated carbocycles. The molecule has 0 spiro atoms. The molecule has 1 radical (unpaired) electrons. The highest BCUT2D eigenvalue weighted by Crippen LogP contribution is 2.12. The van der Waals surface area contributed by atoms with Crippen molar-refractivity contribution in [3.63, 3.8) is 0 Å². The first-order chi connectivity index (χ1) is 7.27. The molecule has 0 bridgehead atoms. The third-order valence-electron chi connectivity index (χ3n) is 2.46. The summed E-state index contributed by atoms with van der Waals surface area (Å²) in [5.74, 6) is 0. The third kappa shape index (κ3) is 2.36. The van der Waals surface area contributed by atoms with Crippen LogP contribution < -0.4 is 0 Å². The predicted octanol–water partition coefficient (Wildman–Crippen LogP) is 1.79. The van der Waals surface area contributed by atoms with Gasteiger partial charge in [-0.05, 0) is 45.3 Å². The molecular formula is C12H16N3. The van der Waals surface area contributed by atoms with Crippen LogP contribution in [0.25, 0.3) is 10.9 Å². The number of aryl methyl sites for hydroxylation is 1. The molecule has 0 unspecified atom stereocenters. The van der Waals surface area contributed by atoms with E-state index in [0.29, 0.717) is 0 Å². The summed E-state index contributed by atoms with van der Waals surface area (Å²) in [7, 11) is 4.19. The topological polar surface area (TPSA) is 21.1 Å². The van der Waals surface area contributed by atoms with Gasteiger partial charge in [-0.1, -0.05) is 6.07 Å². The van der Waals surface area contributed by atoms with E-state index in [4.69, 9.17) is 0 Å². The molecule has 0 saturated heterocycles. The van der Waals surface area contributed by atoms with Crippen LogP contribution in [-0.4, -0.2) is 35.3 Å². The summed E-state index contributed by atoms with van der Waals surface area (Å²) in [4.78, 5) is 2.19. The fourth-order valence-electron chi connectivity index (χ4n) is 1.68. The molecule has 0 amide bonds. The molecular weight excluding hydrogens is 186 g/mol. The van der Waals surface area contributed by atoms with E-state index in [1.165, 1.54) is 10.9 Å². The maximum absolute atomic E-state index is 4.37. The Labute approximate surface area is 90.3 Å². The molecule has 0 fully saturated rings. The first-order valence-electron chi connectivity index (χ1n) is 5.24. The van der Waals surface area contributed by atoms with Crippen LogP contribution in [0.1, 0.15) is 6.42 Å². The Kier molecular flexibility index (Phi) is 3.02. The maximum Gasteiger partial charge on any atom is 0.0682 e. The zero-order valence-corrected chi connectivity index (χ0v) is 9.27. The van der Waals surface area contributed by atoms with Gasteiger partial charge in [-0.3, -0.25) is 4.68 Å². The molecule has 1 aromatic heterocycles.